The Labute approximate surface area is 112 Å². The number of pyridine rings is 1. The molecule has 0 spiro atoms. The van der Waals surface area contributed by atoms with Gasteiger partial charge in [-0.2, -0.15) is 0 Å². The first-order chi connectivity index (χ1) is 9.02. The van der Waals surface area contributed by atoms with Crippen LogP contribution in [-0.2, 0) is 11.3 Å². The normalized spacial score (nSPS) is 11.9. The van der Waals surface area contributed by atoms with Gasteiger partial charge in [-0.15, -0.1) is 0 Å². The molecule has 0 aliphatic heterocycles. The molecule has 6 nitrogen and oxygen atoms in total. The van der Waals surface area contributed by atoms with Gasteiger partial charge in [-0.3, -0.25) is 14.6 Å². The van der Waals surface area contributed by atoms with Crippen LogP contribution in [0.2, 0.25) is 0 Å². The number of hydrogen-bond acceptors (Lipinski definition) is 4. The highest BCUT2D eigenvalue weighted by Gasteiger charge is 2.10. The molecule has 1 atom stereocenters. The van der Waals surface area contributed by atoms with Crippen LogP contribution >= 0.6 is 0 Å². The molecule has 0 aromatic carbocycles. The summed E-state index contributed by atoms with van der Waals surface area (Å²) in [5, 5.41) is 11.4. The lowest BCUT2D eigenvalue weighted by atomic mass is 10.1. The van der Waals surface area contributed by atoms with Gasteiger partial charge in [0, 0.05) is 30.8 Å². The average Bonchev–Trinajstić information content (AvgIpc) is 2.38. The summed E-state index contributed by atoms with van der Waals surface area (Å²) in [7, 11) is 0. The van der Waals surface area contributed by atoms with Gasteiger partial charge in [-0.1, -0.05) is 0 Å². The second-order valence-corrected chi connectivity index (χ2v) is 4.40. The van der Waals surface area contributed by atoms with Gasteiger partial charge in [-0.25, -0.2) is 0 Å². The quantitative estimate of drug-likeness (QED) is 0.679. The molecular formula is C13H19N3O3. The number of carboxylic acids is 1. The number of amides is 1. The predicted octanol–water partition coefficient (Wildman–Crippen LogP) is 0.913. The first kappa shape index (κ1) is 15.1. The Bertz CT molecular complexity index is 449. The molecule has 1 unspecified atom stereocenters. The van der Waals surface area contributed by atoms with Crippen molar-refractivity contribution >= 4 is 11.9 Å². The number of carboxylic acid groups (broad SMARTS) is 1. The van der Waals surface area contributed by atoms with Gasteiger partial charge in [0.05, 0.1) is 5.69 Å². The van der Waals surface area contributed by atoms with E-state index in [-0.39, 0.29) is 24.9 Å². The molecule has 0 aliphatic carbocycles. The van der Waals surface area contributed by atoms with E-state index >= 15 is 0 Å². The van der Waals surface area contributed by atoms with Crippen molar-refractivity contribution in [3.8, 4) is 0 Å². The summed E-state index contributed by atoms with van der Waals surface area (Å²) in [5.41, 5.74) is 6.64. The van der Waals surface area contributed by atoms with Gasteiger partial charge >= 0.3 is 5.97 Å². The number of nitrogens with one attached hydrogen (secondary N) is 1. The number of hydrogen-bond donors (Lipinski definition) is 3. The molecule has 1 rings (SSSR count). The molecule has 0 bridgehead atoms. The van der Waals surface area contributed by atoms with Gasteiger partial charge in [0.2, 0.25) is 0 Å². The first-order valence-corrected chi connectivity index (χ1v) is 6.20. The zero-order chi connectivity index (χ0) is 14.3. The lowest BCUT2D eigenvalue weighted by Gasteiger charge is -2.13. The van der Waals surface area contributed by atoms with Crippen molar-refractivity contribution in [3.63, 3.8) is 0 Å². The van der Waals surface area contributed by atoms with E-state index in [1.54, 1.807) is 18.3 Å². The fraction of sp³-hybridized carbons (Fsp3) is 0.462. The molecule has 19 heavy (non-hydrogen) atoms. The van der Waals surface area contributed by atoms with E-state index in [2.05, 4.69) is 10.3 Å². The van der Waals surface area contributed by atoms with E-state index < -0.39 is 5.97 Å². The molecule has 0 saturated carbocycles. The first-order valence-electron chi connectivity index (χ1n) is 6.20. The maximum absolute atomic E-state index is 11.9. The summed E-state index contributed by atoms with van der Waals surface area (Å²) in [6, 6.07) is 3.21. The lowest BCUT2D eigenvalue weighted by molar-refractivity contribution is -0.137. The molecule has 1 amide bonds. The van der Waals surface area contributed by atoms with Crippen molar-refractivity contribution in [1.82, 2.24) is 10.3 Å². The summed E-state index contributed by atoms with van der Waals surface area (Å²) >= 11 is 0. The summed E-state index contributed by atoms with van der Waals surface area (Å²) in [6.07, 6.45) is 2.84. The van der Waals surface area contributed by atoms with Crippen LogP contribution < -0.4 is 11.1 Å². The van der Waals surface area contributed by atoms with Gasteiger partial charge < -0.3 is 16.2 Å². The van der Waals surface area contributed by atoms with Gasteiger partial charge in [0.15, 0.2) is 0 Å². The molecule has 0 fully saturated rings. The minimum absolute atomic E-state index is 0.0682. The largest absolute Gasteiger partial charge is 0.481 e. The Morgan fingerprint density at radius 2 is 2.26 bits per heavy atom. The number of nitrogens with two attached hydrogens (primary N) is 1. The van der Waals surface area contributed by atoms with Crippen molar-refractivity contribution in [1.29, 1.82) is 0 Å². The van der Waals surface area contributed by atoms with E-state index in [0.29, 0.717) is 24.1 Å². The van der Waals surface area contributed by atoms with Crippen molar-refractivity contribution in [3.05, 3.63) is 29.6 Å². The maximum Gasteiger partial charge on any atom is 0.303 e. The Kier molecular flexibility index (Phi) is 5.95. The summed E-state index contributed by atoms with van der Waals surface area (Å²) in [5.74, 6) is -1.01. The average molecular weight is 265 g/mol. The maximum atomic E-state index is 11.9. The molecule has 4 N–H and O–H groups in total. The second kappa shape index (κ2) is 7.48. The van der Waals surface area contributed by atoms with Crippen molar-refractivity contribution < 1.29 is 14.7 Å². The van der Waals surface area contributed by atoms with Crippen LogP contribution in [0, 0.1) is 0 Å². The third kappa shape index (κ3) is 5.48. The second-order valence-electron chi connectivity index (χ2n) is 4.40. The van der Waals surface area contributed by atoms with E-state index in [1.807, 2.05) is 6.92 Å². The van der Waals surface area contributed by atoms with Crippen LogP contribution in [-0.4, -0.2) is 28.0 Å². The monoisotopic (exact) mass is 265 g/mol. The highest BCUT2D eigenvalue weighted by molar-refractivity contribution is 5.94. The van der Waals surface area contributed by atoms with Gasteiger partial charge in [0.1, 0.15) is 0 Å². The number of carbonyl (C=O) groups excluding carboxylic acids is 1. The van der Waals surface area contributed by atoms with Crippen molar-refractivity contribution in [2.24, 2.45) is 5.73 Å². The highest BCUT2D eigenvalue weighted by Crippen LogP contribution is 2.05. The molecule has 1 aromatic rings. The smallest absolute Gasteiger partial charge is 0.303 e. The van der Waals surface area contributed by atoms with E-state index in [4.69, 9.17) is 10.8 Å². The topological polar surface area (TPSA) is 105 Å². The number of aliphatic carboxylic acids is 1. The summed E-state index contributed by atoms with van der Waals surface area (Å²) in [6.45, 7) is 2.14. The van der Waals surface area contributed by atoms with Crippen LogP contribution in [0.5, 0.6) is 0 Å². The van der Waals surface area contributed by atoms with Crippen molar-refractivity contribution in [2.45, 2.75) is 38.8 Å². The zero-order valence-corrected chi connectivity index (χ0v) is 10.9. The standard InChI is InChI=1S/C13H19N3O3/c1-9(3-2-4-12(17)18)16-13(19)10-5-6-15-11(7-10)8-14/h5-7,9H,2-4,8,14H2,1H3,(H,16,19)(H,17,18). The fourth-order valence-electron chi connectivity index (χ4n) is 1.67. The fourth-order valence-corrected chi connectivity index (χ4v) is 1.67. The SMILES string of the molecule is CC(CCCC(=O)O)NC(=O)c1ccnc(CN)c1. The Balaban J connectivity index is 2.47. The van der Waals surface area contributed by atoms with E-state index in [9.17, 15) is 9.59 Å². The van der Waals surface area contributed by atoms with Gasteiger partial charge in [0.25, 0.3) is 5.91 Å². The molecule has 6 heteroatoms. The molecule has 0 radical (unpaired) electrons. The van der Waals surface area contributed by atoms with Gasteiger partial charge in [-0.05, 0) is 31.9 Å². The number of aromatic nitrogens is 1. The van der Waals surface area contributed by atoms with Crippen LogP contribution in [0.15, 0.2) is 18.3 Å². The Morgan fingerprint density at radius 3 is 2.89 bits per heavy atom. The van der Waals surface area contributed by atoms with Crippen LogP contribution in [0.1, 0.15) is 42.2 Å². The third-order valence-electron chi connectivity index (χ3n) is 2.69. The van der Waals surface area contributed by atoms with Crippen LogP contribution in [0.25, 0.3) is 0 Å². The number of rotatable bonds is 7. The molecule has 0 aliphatic rings. The van der Waals surface area contributed by atoms with E-state index in [1.165, 1.54) is 0 Å². The summed E-state index contributed by atoms with van der Waals surface area (Å²) < 4.78 is 0. The zero-order valence-electron chi connectivity index (χ0n) is 10.9. The number of carbonyl (C=O) groups is 2. The molecule has 1 aromatic heterocycles. The minimum Gasteiger partial charge on any atom is -0.481 e. The molecule has 1 heterocycles. The van der Waals surface area contributed by atoms with Crippen LogP contribution in [0.3, 0.4) is 0 Å². The Morgan fingerprint density at radius 1 is 1.53 bits per heavy atom. The predicted molar refractivity (Wildman–Crippen MR) is 70.5 cm³/mol. The molecular weight excluding hydrogens is 246 g/mol. The highest BCUT2D eigenvalue weighted by atomic mass is 16.4. The van der Waals surface area contributed by atoms with Crippen LogP contribution in [0.4, 0.5) is 0 Å². The summed E-state index contributed by atoms with van der Waals surface area (Å²) in [4.78, 5) is 26.3. The Hall–Kier alpha value is -1.95. The molecule has 0 saturated heterocycles. The third-order valence-corrected chi connectivity index (χ3v) is 2.69. The lowest BCUT2D eigenvalue weighted by Crippen LogP contribution is -2.32. The number of nitrogens with zero attached hydrogens (tertiary/aromatic N) is 1. The molecule has 104 valence electrons. The van der Waals surface area contributed by atoms with E-state index in [0.717, 1.165) is 0 Å². The minimum atomic E-state index is -0.819. The van der Waals surface area contributed by atoms with Crippen molar-refractivity contribution in [2.75, 3.05) is 0 Å².